The highest BCUT2D eigenvalue weighted by Gasteiger charge is 2.28. The van der Waals surface area contributed by atoms with Gasteiger partial charge in [0, 0.05) is 23.7 Å². The van der Waals surface area contributed by atoms with Crippen LogP contribution in [0.5, 0.6) is 11.5 Å². The van der Waals surface area contributed by atoms with Gasteiger partial charge in [-0.3, -0.25) is 4.79 Å². The van der Waals surface area contributed by atoms with Crippen molar-refractivity contribution in [1.82, 2.24) is 5.32 Å². The van der Waals surface area contributed by atoms with Crippen molar-refractivity contribution in [2.24, 2.45) is 0 Å². The van der Waals surface area contributed by atoms with Crippen LogP contribution in [0.2, 0.25) is 0 Å². The number of esters is 1. The van der Waals surface area contributed by atoms with Crippen molar-refractivity contribution in [2.45, 2.75) is 12.5 Å². The average molecular weight is 383 g/mol. The molecule has 142 valence electrons. The Kier molecular flexibility index (Phi) is 6.62. The van der Waals surface area contributed by atoms with E-state index in [1.807, 2.05) is 0 Å². The molecule has 8 nitrogen and oxygen atoms in total. The SMILES string of the molecule is COc1ccc(C=CC(=O)OCC(=O)NC2CCS(=O)(=O)C2)c(OC)c1. The molecule has 0 aromatic heterocycles. The fourth-order valence-electron chi connectivity index (χ4n) is 2.48. The third-order valence-electron chi connectivity index (χ3n) is 3.78. The summed E-state index contributed by atoms with van der Waals surface area (Å²) in [7, 11) is -0.0444. The van der Waals surface area contributed by atoms with Gasteiger partial charge in [-0.2, -0.15) is 0 Å². The summed E-state index contributed by atoms with van der Waals surface area (Å²) in [5.41, 5.74) is 0.644. The summed E-state index contributed by atoms with van der Waals surface area (Å²) in [4.78, 5) is 23.5. The molecule has 1 saturated heterocycles. The average Bonchev–Trinajstić information content (AvgIpc) is 2.96. The molecule has 0 bridgehead atoms. The van der Waals surface area contributed by atoms with E-state index >= 15 is 0 Å². The van der Waals surface area contributed by atoms with Gasteiger partial charge in [0.25, 0.3) is 5.91 Å². The molecule has 0 saturated carbocycles. The van der Waals surface area contributed by atoms with E-state index in [0.717, 1.165) is 0 Å². The van der Waals surface area contributed by atoms with Gasteiger partial charge in [0.2, 0.25) is 0 Å². The molecular formula is C17H21NO7S. The van der Waals surface area contributed by atoms with E-state index in [9.17, 15) is 18.0 Å². The Labute approximate surface area is 152 Å². The molecule has 1 aromatic carbocycles. The van der Waals surface area contributed by atoms with E-state index in [0.29, 0.717) is 23.5 Å². The maximum Gasteiger partial charge on any atom is 0.331 e. The Hall–Kier alpha value is -2.55. The van der Waals surface area contributed by atoms with E-state index in [-0.39, 0.29) is 11.5 Å². The highest BCUT2D eigenvalue weighted by Crippen LogP contribution is 2.25. The number of benzene rings is 1. The molecule has 1 N–H and O–H groups in total. The van der Waals surface area contributed by atoms with Crippen molar-refractivity contribution in [3.8, 4) is 11.5 Å². The molecule has 9 heteroatoms. The molecule has 2 rings (SSSR count). The molecule has 0 spiro atoms. The molecule has 0 aliphatic carbocycles. The largest absolute Gasteiger partial charge is 0.497 e. The fraction of sp³-hybridized carbons (Fsp3) is 0.412. The highest BCUT2D eigenvalue weighted by atomic mass is 32.2. The molecular weight excluding hydrogens is 362 g/mol. The summed E-state index contributed by atoms with van der Waals surface area (Å²) in [6.45, 7) is -0.473. The number of sulfone groups is 1. The molecule has 1 fully saturated rings. The minimum atomic E-state index is -3.08. The van der Waals surface area contributed by atoms with Crippen LogP contribution in [-0.4, -0.2) is 58.7 Å². The summed E-state index contributed by atoms with van der Waals surface area (Å²) in [6.07, 6.45) is 3.05. The standard InChI is InChI=1S/C17H21NO7S/c1-23-14-5-3-12(15(9-14)24-2)4-6-17(20)25-10-16(19)18-13-7-8-26(21,22)11-13/h3-6,9,13H,7-8,10-11H2,1-2H3,(H,18,19). The zero-order chi connectivity index (χ0) is 19.2. The van der Waals surface area contributed by atoms with E-state index in [2.05, 4.69) is 5.32 Å². The Morgan fingerprint density at radius 2 is 2.04 bits per heavy atom. The monoisotopic (exact) mass is 383 g/mol. The van der Waals surface area contributed by atoms with Crippen molar-refractivity contribution in [3.05, 3.63) is 29.8 Å². The second kappa shape index (κ2) is 8.70. The van der Waals surface area contributed by atoms with Crippen molar-refractivity contribution in [1.29, 1.82) is 0 Å². The van der Waals surface area contributed by atoms with Gasteiger partial charge in [0.15, 0.2) is 16.4 Å². The first-order valence-corrected chi connectivity index (χ1v) is 9.72. The zero-order valence-corrected chi connectivity index (χ0v) is 15.4. The summed E-state index contributed by atoms with van der Waals surface area (Å²) in [5.74, 6) is -0.109. The summed E-state index contributed by atoms with van der Waals surface area (Å²) in [6, 6.07) is 4.68. The summed E-state index contributed by atoms with van der Waals surface area (Å²) < 4.78 is 37.8. The number of rotatable bonds is 7. The van der Waals surface area contributed by atoms with Crippen molar-refractivity contribution in [3.63, 3.8) is 0 Å². The number of methoxy groups -OCH3 is 2. The lowest BCUT2D eigenvalue weighted by Gasteiger charge is -2.10. The predicted octanol–water partition coefficient (Wildman–Crippen LogP) is 0.564. The number of carbonyl (C=O) groups excluding carboxylic acids is 2. The van der Waals surface area contributed by atoms with Crippen LogP contribution in [0.1, 0.15) is 12.0 Å². The van der Waals surface area contributed by atoms with Gasteiger partial charge < -0.3 is 19.5 Å². The molecule has 1 aliphatic heterocycles. The Morgan fingerprint density at radius 1 is 1.27 bits per heavy atom. The second-order valence-corrected chi connectivity index (χ2v) is 7.95. The van der Waals surface area contributed by atoms with E-state index < -0.39 is 34.4 Å². The number of carbonyl (C=O) groups is 2. The number of hydrogen-bond donors (Lipinski definition) is 1. The molecule has 0 radical (unpaired) electrons. The normalized spacial score (nSPS) is 18.5. The fourth-order valence-corrected chi connectivity index (χ4v) is 4.15. The molecule has 1 aromatic rings. The number of hydrogen-bond acceptors (Lipinski definition) is 7. The third-order valence-corrected chi connectivity index (χ3v) is 5.55. The van der Waals surface area contributed by atoms with Crippen LogP contribution in [0.25, 0.3) is 6.08 Å². The van der Waals surface area contributed by atoms with Gasteiger partial charge in [0.05, 0.1) is 25.7 Å². The number of ether oxygens (including phenoxy) is 3. The van der Waals surface area contributed by atoms with Crippen molar-refractivity contribution < 1.29 is 32.2 Å². The van der Waals surface area contributed by atoms with Crippen LogP contribution in [0.4, 0.5) is 0 Å². The van der Waals surface area contributed by atoms with E-state index in [4.69, 9.17) is 14.2 Å². The smallest absolute Gasteiger partial charge is 0.331 e. The lowest BCUT2D eigenvalue weighted by molar-refractivity contribution is -0.143. The van der Waals surface area contributed by atoms with Gasteiger partial charge in [-0.25, -0.2) is 13.2 Å². The molecule has 1 heterocycles. The Bertz CT molecular complexity index is 801. The highest BCUT2D eigenvalue weighted by molar-refractivity contribution is 7.91. The lowest BCUT2D eigenvalue weighted by Crippen LogP contribution is -2.38. The predicted molar refractivity (Wildman–Crippen MR) is 94.7 cm³/mol. The number of amides is 1. The first-order chi connectivity index (χ1) is 12.3. The van der Waals surface area contributed by atoms with E-state index in [1.54, 1.807) is 18.2 Å². The topological polar surface area (TPSA) is 108 Å². The molecule has 1 amide bonds. The molecule has 1 unspecified atom stereocenters. The Morgan fingerprint density at radius 3 is 2.65 bits per heavy atom. The molecule has 26 heavy (non-hydrogen) atoms. The van der Waals surface area contributed by atoms with Crippen LogP contribution in [-0.2, 0) is 24.2 Å². The van der Waals surface area contributed by atoms with Gasteiger partial charge in [-0.15, -0.1) is 0 Å². The number of nitrogens with one attached hydrogen (secondary N) is 1. The van der Waals surface area contributed by atoms with Gasteiger partial charge in [-0.1, -0.05) is 0 Å². The summed E-state index contributed by atoms with van der Waals surface area (Å²) >= 11 is 0. The van der Waals surface area contributed by atoms with Crippen LogP contribution in [0, 0.1) is 0 Å². The van der Waals surface area contributed by atoms with Crippen molar-refractivity contribution >= 4 is 27.8 Å². The van der Waals surface area contributed by atoms with E-state index in [1.165, 1.54) is 26.4 Å². The third kappa shape index (κ3) is 5.76. The minimum absolute atomic E-state index is 0.0597. The minimum Gasteiger partial charge on any atom is -0.497 e. The Balaban J connectivity index is 1.83. The van der Waals surface area contributed by atoms with Crippen molar-refractivity contribution in [2.75, 3.05) is 32.3 Å². The van der Waals surface area contributed by atoms with Crippen LogP contribution < -0.4 is 14.8 Å². The van der Waals surface area contributed by atoms with Gasteiger partial charge in [-0.05, 0) is 24.6 Å². The summed E-state index contributed by atoms with van der Waals surface area (Å²) in [5, 5.41) is 2.54. The van der Waals surface area contributed by atoms with Crippen LogP contribution in [0.3, 0.4) is 0 Å². The molecule has 1 atom stereocenters. The first-order valence-electron chi connectivity index (χ1n) is 7.89. The van der Waals surface area contributed by atoms with Gasteiger partial charge >= 0.3 is 5.97 Å². The zero-order valence-electron chi connectivity index (χ0n) is 14.6. The molecule has 1 aliphatic rings. The quantitative estimate of drug-likeness (QED) is 0.541. The first kappa shape index (κ1) is 19.8. The second-order valence-electron chi connectivity index (χ2n) is 5.72. The van der Waals surface area contributed by atoms with Crippen LogP contribution in [0.15, 0.2) is 24.3 Å². The maximum absolute atomic E-state index is 11.7. The van der Waals surface area contributed by atoms with Crippen LogP contribution >= 0.6 is 0 Å². The maximum atomic E-state index is 11.7. The van der Waals surface area contributed by atoms with Gasteiger partial charge in [0.1, 0.15) is 11.5 Å². The lowest BCUT2D eigenvalue weighted by atomic mass is 10.2.